The fraction of sp³-hybridized carbons (Fsp3) is 0.348. The van der Waals surface area contributed by atoms with Crippen LogP contribution in [0.4, 0.5) is 10.6 Å². The molecule has 1 saturated carbocycles. The Morgan fingerprint density at radius 2 is 1.75 bits per heavy atom. The van der Waals surface area contributed by atoms with Crippen molar-refractivity contribution >= 4 is 11.9 Å². The number of aromatic nitrogens is 4. The highest BCUT2D eigenvalue weighted by molar-refractivity contribution is 5.87. The van der Waals surface area contributed by atoms with Gasteiger partial charge in [0.05, 0.1) is 12.8 Å². The summed E-state index contributed by atoms with van der Waals surface area (Å²) in [6, 6.07) is 9.66. The number of rotatable bonds is 6. The van der Waals surface area contributed by atoms with Gasteiger partial charge in [-0.05, 0) is 49.9 Å². The number of hydrogen-bond acceptors (Lipinski definition) is 8. The van der Waals surface area contributed by atoms with E-state index < -0.39 is 6.09 Å². The standard InChI is InChI=1S/C23H26N6O3/c1-31-22-27-13-17(14-28-22)16-5-10-21(26-12-16)29(20-8-6-18(24)7-9-20)23(30)32-15-19-4-2-3-11-25-19/h2-5,10-14,18,20H,6-9,15,24H2,1H3. The molecule has 4 rings (SSSR count). The molecule has 1 aliphatic rings. The predicted molar refractivity (Wildman–Crippen MR) is 119 cm³/mol. The van der Waals surface area contributed by atoms with Crippen LogP contribution in [0.25, 0.3) is 11.1 Å². The molecule has 3 aromatic heterocycles. The van der Waals surface area contributed by atoms with Gasteiger partial charge in [0.1, 0.15) is 12.4 Å². The van der Waals surface area contributed by atoms with Gasteiger partial charge in [-0.1, -0.05) is 6.07 Å². The molecule has 9 heteroatoms. The molecule has 3 aromatic rings. The van der Waals surface area contributed by atoms with Crippen molar-refractivity contribution in [2.24, 2.45) is 5.73 Å². The van der Waals surface area contributed by atoms with Crippen molar-refractivity contribution in [1.82, 2.24) is 19.9 Å². The summed E-state index contributed by atoms with van der Waals surface area (Å²) in [6.45, 7) is 0.101. The van der Waals surface area contributed by atoms with Crippen molar-refractivity contribution in [2.45, 2.75) is 44.4 Å². The van der Waals surface area contributed by atoms with Crippen LogP contribution in [-0.4, -0.2) is 45.2 Å². The average Bonchev–Trinajstić information content (AvgIpc) is 2.85. The van der Waals surface area contributed by atoms with Crippen LogP contribution in [0, 0.1) is 0 Å². The molecule has 9 nitrogen and oxygen atoms in total. The van der Waals surface area contributed by atoms with Crippen molar-refractivity contribution in [2.75, 3.05) is 12.0 Å². The molecule has 0 aromatic carbocycles. The number of hydrogen-bond donors (Lipinski definition) is 1. The van der Waals surface area contributed by atoms with Gasteiger partial charge in [-0.2, -0.15) is 0 Å². The number of carbonyl (C=O) groups excluding carboxylic acids is 1. The molecule has 1 fully saturated rings. The van der Waals surface area contributed by atoms with Gasteiger partial charge in [0.15, 0.2) is 0 Å². The van der Waals surface area contributed by atoms with Gasteiger partial charge in [-0.3, -0.25) is 9.88 Å². The van der Waals surface area contributed by atoms with E-state index in [1.54, 1.807) is 29.7 Å². The third-order valence-electron chi connectivity index (χ3n) is 5.51. The summed E-state index contributed by atoms with van der Waals surface area (Å²) in [5.74, 6) is 0.537. The number of ether oxygens (including phenoxy) is 2. The van der Waals surface area contributed by atoms with E-state index in [0.29, 0.717) is 17.5 Å². The molecular formula is C23H26N6O3. The third kappa shape index (κ3) is 5.17. The first kappa shape index (κ1) is 21.6. The lowest BCUT2D eigenvalue weighted by molar-refractivity contribution is 0.140. The van der Waals surface area contributed by atoms with E-state index in [2.05, 4.69) is 19.9 Å². The first-order valence-corrected chi connectivity index (χ1v) is 10.6. The zero-order valence-electron chi connectivity index (χ0n) is 17.9. The SMILES string of the molecule is COc1ncc(-c2ccc(N(C(=O)OCc3ccccn3)C3CCC(N)CC3)nc2)cn1. The van der Waals surface area contributed by atoms with Crippen LogP contribution in [0.5, 0.6) is 6.01 Å². The van der Waals surface area contributed by atoms with E-state index in [-0.39, 0.29) is 18.7 Å². The molecule has 0 radical (unpaired) electrons. The summed E-state index contributed by atoms with van der Waals surface area (Å²) < 4.78 is 10.6. The Labute approximate surface area is 186 Å². The van der Waals surface area contributed by atoms with Crippen LogP contribution in [0.15, 0.2) is 55.1 Å². The number of amides is 1. The van der Waals surface area contributed by atoms with Crippen LogP contribution in [-0.2, 0) is 11.3 Å². The zero-order valence-corrected chi connectivity index (χ0v) is 17.9. The molecule has 32 heavy (non-hydrogen) atoms. The summed E-state index contributed by atoms with van der Waals surface area (Å²) in [4.78, 5) is 31.8. The minimum atomic E-state index is -0.441. The van der Waals surface area contributed by atoms with E-state index in [1.165, 1.54) is 7.11 Å². The maximum atomic E-state index is 13.1. The van der Waals surface area contributed by atoms with Crippen LogP contribution in [0.2, 0.25) is 0 Å². The fourth-order valence-electron chi connectivity index (χ4n) is 3.75. The predicted octanol–water partition coefficient (Wildman–Crippen LogP) is 3.36. The van der Waals surface area contributed by atoms with Gasteiger partial charge in [0.2, 0.25) is 0 Å². The summed E-state index contributed by atoms with van der Waals surface area (Å²) in [5, 5.41) is 0. The minimum Gasteiger partial charge on any atom is -0.467 e. The Morgan fingerprint density at radius 3 is 2.38 bits per heavy atom. The molecule has 3 heterocycles. The molecule has 1 amide bonds. The Morgan fingerprint density at radius 1 is 1.00 bits per heavy atom. The van der Waals surface area contributed by atoms with Crippen LogP contribution in [0.1, 0.15) is 31.4 Å². The number of nitrogens with zero attached hydrogens (tertiary/aromatic N) is 5. The average molecular weight is 435 g/mol. The van der Waals surface area contributed by atoms with Crippen molar-refractivity contribution < 1.29 is 14.3 Å². The normalized spacial score (nSPS) is 18.1. The van der Waals surface area contributed by atoms with E-state index in [1.807, 2.05) is 30.3 Å². The molecular weight excluding hydrogens is 408 g/mol. The quantitative estimate of drug-likeness (QED) is 0.628. The second-order valence-electron chi connectivity index (χ2n) is 7.68. The zero-order chi connectivity index (χ0) is 22.3. The molecule has 0 bridgehead atoms. The van der Waals surface area contributed by atoms with Gasteiger partial charge in [0.25, 0.3) is 0 Å². The number of methoxy groups -OCH3 is 1. The van der Waals surface area contributed by atoms with Crippen LogP contribution < -0.4 is 15.4 Å². The van der Waals surface area contributed by atoms with E-state index in [0.717, 1.165) is 36.8 Å². The smallest absolute Gasteiger partial charge is 0.416 e. The van der Waals surface area contributed by atoms with Crippen molar-refractivity contribution in [1.29, 1.82) is 0 Å². The highest BCUT2D eigenvalue weighted by Gasteiger charge is 2.31. The topological polar surface area (TPSA) is 116 Å². The first-order valence-electron chi connectivity index (χ1n) is 10.6. The molecule has 0 spiro atoms. The second kappa shape index (κ2) is 10.1. The molecule has 0 atom stereocenters. The van der Waals surface area contributed by atoms with E-state index >= 15 is 0 Å². The fourth-order valence-corrected chi connectivity index (χ4v) is 3.75. The molecule has 0 saturated heterocycles. The van der Waals surface area contributed by atoms with Crippen LogP contribution in [0.3, 0.4) is 0 Å². The second-order valence-corrected chi connectivity index (χ2v) is 7.68. The Kier molecular flexibility index (Phi) is 6.86. The molecule has 166 valence electrons. The summed E-state index contributed by atoms with van der Waals surface area (Å²) in [5.41, 5.74) is 8.40. The van der Waals surface area contributed by atoms with Gasteiger partial charge in [0, 0.05) is 48.0 Å². The van der Waals surface area contributed by atoms with Crippen LogP contribution >= 0.6 is 0 Å². The Bertz CT molecular complexity index is 1010. The maximum Gasteiger partial charge on any atom is 0.416 e. The number of pyridine rings is 2. The van der Waals surface area contributed by atoms with Crippen molar-refractivity contribution in [3.05, 3.63) is 60.8 Å². The minimum absolute atomic E-state index is 0.0197. The van der Waals surface area contributed by atoms with Gasteiger partial charge in [-0.15, -0.1) is 0 Å². The highest BCUT2D eigenvalue weighted by atomic mass is 16.6. The maximum absolute atomic E-state index is 13.1. The van der Waals surface area contributed by atoms with E-state index in [4.69, 9.17) is 15.2 Å². The lowest BCUT2D eigenvalue weighted by Gasteiger charge is -2.34. The summed E-state index contributed by atoms with van der Waals surface area (Å²) in [6.07, 6.45) is 9.59. The molecule has 0 aliphatic heterocycles. The number of anilines is 1. The summed E-state index contributed by atoms with van der Waals surface area (Å²) in [7, 11) is 1.52. The molecule has 1 aliphatic carbocycles. The lowest BCUT2D eigenvalue weighted by atomic mass is 9.91. The lowest BCUT2D eigenvalue weighted by Crippen LogP contribution is -2.45. The summed E-state index contributed by atoms with van der Waals surface area (Å²) >= 11 is 0. The first-order chi connectivity index (χ1) is 15.6. The Hall–Kier alpha value is -3.59. The van der Waals surface area contributed by atoms with Gasteiger partial charge < -0.3 is 15.2 Å². The monoisotopic (exact) mass is 434 g/mol. The van der Waals surface area contributed by atoms with E-state index in [9.17, 15) is 4.79 Å². The Balaban J connectivity index is 1.53. The largest absolute Gasteiger partial charge is 0.467 e. The molecule has 0 unspecified atom stereocenters. The van der Waals surface area contributed by atoms with Crippen molar-refractivity contribution in [3.8, 4) is 17.1 Å². The third-order valence-corrected chi connectivity index (χ3v) is 5.51. The number of nitrogens with two attached hydrogens (primary N) is 1. The van der Waals surface area contributed by atoms with Crippen molar-refractivity contribution in [3.63, 3.8) is 0 Å². The van der Waals surface area contributed by atoms with Gasteiger partial charge >= 0.3 is 12.1 Å². The van der Waals surface area contributed by atoms with Gasteiger partial charge in [-0.25, -0.2) is 19.7 Å². The number of carbonyl (C=O) groups is 1. The highest BCUT2D eigenvalue weighted by Crippen LogP contribution is 2.28. The molecule has 2 N–H and O–H groups in total.